The largest absolute Gasteiger partial charge is 0.126 e. The Kier molecular flexibility index (Phi) is 4.79. The van der Waals surface area contributed by atoms with Crippen LogP contribution in [0.4, 0.5) is 0 Å². The van der Waals surface area contributed by atoms with Crippen LogP contribution < -0.4 is 0 Å². The fourth-order valence-electron chi connectivity index (χ4n) is 2.09. The second-order valence-electron chi connectivity index (χ2n) is 5.74. The van der Waals surface area contributed by atoms with Gasteiger partial charge in [0.1, 0.15) is 0 Å². The van der Waals surface area contributed by atoms with Crippen LogP contribution in [0.5, 0.6) is 0 Å². The van der Waals surface area contributed by atoms with Gasteiger partial charge in [-0.05, 0) is 29.6 Å². The second kappa shape index (κ2) is 4.68. The van der Waals surface area contributed by atoms with E-state index in [1.54, 1.807) is 0 Å². The molecule has 1 unspecified atom stereocenters. The summed E-state index contributed by atoms with van der Waals surface area (Å²) in [7, 11) is 0. The maximum Gasteiger partial charge on any atom is 0.0282 e. The molecule has 0 amide bonds. The van der Waals surface area contributed by atoms with Crippen LogP contribution in [0.25, 0.3) is 0 Å². The maximum absolute atomic E-state index is 6.13. The SMILES string of the molecule is CCC(CCl)(CC(C)(C)C)C(C)C. The summed E-state index contributed by atoms with van der Waals surface area (Å²) in [5.41, 5.74) is 0.717. The third kappa shape index (κ3) is 3.89. The van der Waals surface area contributed by atoms with Crippen molar-refractivity contribution in [3.8, 4) is 0 Å². The van der Waals surface area contributed by atoms with E-state index in [2.05, 4.69) is 41.5 Å². The van der Waals surface area contributed by atoms with E-state index >= 15 is 0 Å². The normalized spacial score (nSPS) is 17.5. The van der Waals surface area contributed by atoms with Gasteiger partial charge < -0.3 is 0 Å². The van der Waals surface area contributed by atoms with E-state index in [0.717, 1.165) is 5.88 Å². The van der Waals surface area contributed by atoms with E-state index in [0.29, 0.717) is 16.7 Å². The number of hydrogen-bond acceptors (Lipinski definition) is 0. The van der Waals surface area contributed by atoms with Gasteiger partial charge in [0.15, 0.2) is 0 Å². The van der Waals surface area contributed by atoms with Crippen molar-refractivity contribution in [3.63, 3.8) is 0 Å². The Labute approximate surface area is 89.1 Å². The fraction of sp³-hybridized carbons (Fsp3) is 1.00. The third-order valence-electron chi connectivity index (χ3n) is 3.08. The fourth-order valence-corrected chi connectivity index (χ4v) is 2.68. The molecule has 0 aromatic carbocycles. The van der Waals surface area contributed by atoms with Crippen molar-refractivity contribution in [1.29, 1.82) is 0 Å². The van der Waals surface area contributed by atoms with E-state index in [9.17, 15) is 0 Å². The Morgan fingerprint density at radius 1 is 1.15 bits per heavy atom. The zero-order valence-electron chi connectivity index (χ0n) is 10.1. The molecule has 0 aliphatic heterocycles. The summed E-state index contributed by atoms with van der Waals surface area (Å²) in [6.45, 7) is 13.7. The minimum Gasteiger partial charge on any atom is -0.126 e. The molecule has 0 spiro atoms. The highest BCUT2D eigenvalue weighted by Crippen LogP contribution is 2.43. The Morgan fingerprint density at radius 3 is 1.69 bits per heavy atom. The maximum atomic E-state index is 6.13. The number of alkyl halides is 1. The van der Waals surface area contributed by atoms with Gasteiger partial charge in [-0.15, -0.1) is 11.6 Å². The highest BCUT2D eigenvalue weighted by atomic mass is 35.5. The number of hydrogen-bond donors (Lipinski definition) is 0. The van der Waals surface area contributed by atoms with Crippen LogP contribution in [0.15, 0.2) is 0 Å². The van der Waals surface area contributed by atoms with Crippen LogP contribution in [0.3, 0.4) is 0 Å². The Balaban J connectivity index is 4.58. The first-order valence-electron chi connectivity index (χ1n) is 5.33. The smallest absolute Gasteiger partial charge is 0.0282 e. The summed E-state index contributed by atoms with van der Waals surface area (Å²) in [6.07, 6.45) is 2.41. The summed E-state index contributed by atoms with van der Waals surface area (Å²) < 4.78 is 0. The van der Waals surface area contributed by atoms with Crippen molar-refractivity contribution >= 4 is 11.6 Å². The summed E-state index contributed by atoms with van der Waals surface area (Å²) in [5, 5.41) is 0. The van der Waals surface area contributed by atoms with Crippen LogP contribution in [0.1, 0.15) is 54.4 Å². The molecule has 0 bridgehead atoms. The van der Waals surface area contributed by atoms with Crippen LogP contribution in [0.2, 0.25) is 0 Å². The van der Waals surface area contributed by atoms with Gasteiger partial charge in [0.2, 0.25) is 0 Å². The molecule has 0 aliphatic rings. The molecular weight excluding hydrogens is 180 g/mol. The van der Waals surface area contributed by atoms with Gasteiger partial charge in [-0.2, -0.15) is 0 Å². The number of rotatable bonds is 4. The second-order valence-corrected chi connectivity index (χ2v) is 6.01. The van der Waals surface area contributed by atoms with Crippen molar-refractivity contribution in [2.24, 2.45) is 16.7 Å². The van der Waals surface area contributed by atoms with Crippen molar-refractivity contribution in [2.45, 2.75) is 54.4 Å². The molecule has 0 heterocycles. The molecule has 13 heavy (non-hydrogen) atoms. The number of halogens is 1. The minimum absolute atomic E-state index is 0.333. The molecule has 0 rings (SSSR count). The molecule has 0 radical (unpaired) electrons. The summed E-state index contributed by atoms with van der Waals surface area (Å²) >= 11 is 6.13. The van der Waals surface area contributed by atoms with E-state index in [1.165, 1.54) is 12.8 Å². The zero-order valence-corrected chi connectivity index (χ0v) is 10.8. The first-order chi connectivity index (χ1) is 5.77. The van der Waals surface area contributed by atoms with Crippen molar-refractivity contribution in [3.05, 3.63) is 0 Å². The standard InChI is InChI=1S/C12H25Cl/c1-7-12(9-13,10(2)3)8-11(4,5)6/h10H,7-9H2,1-6H3. The van der Waals surface area contributed by atoms with Gasteiger partial charge in [0.25, 0.3) is 0 Å². The molecular formula is C12H25Cl. The highest BCUT2D eigenvalue weighted by molar-refractivity contribution is 6.18. The van der Waals surface area contributed by atoms with Crippen molar-refractivity contribution in [1.82, 2.24) is 0 Å². The van der Waals surface area contributed by atoms with E-state index in [-0.39, 0.29) is 0 Å². The van der Waals surface area contributed by atoms with Gasteiger partial charge in [-0.25, -0.2) is 0 Å². The lowest BCUT2D eigenvalue weighted by Gasteiger charge is -2.40. The highest BCUT2D eigenvalue weighted by Gasteiger charge is 2.34. The molecule has 1 atom stereocenters. The molecule has 0 fully saturated rings. The third-order valence-corrected chi connectivity index (χ3v) is 3.61. The summed E-state index contributed by atoms with van der Waals surface area (Å²) in [4.78, 5) is 0. The molecule has 0 aromatic heterocycles. The average molecular weight is 205 g/mol. The lowest BCUT2D eigenvalue weighted by molar-refractivity contribution is 0.128. The molecule has 0 saturated carbocycles. The van der Waals surface area contributed by atoms with Crippen molar-refractivity contribution in [2.75, 3.05) is 5.88 Å². The predicted molar refractivity (Wildman–Crippen MR) is 62.4 cm³/mol. The molecule has 80 valence electrons. The summed E-state index contributed by atoms with van der Waals surface area (Å²) in [6, 6.07) is 0. The van der Waals surface area contributed by atoms with Gasteiger partial charge in [-0.1, -0.05) is 41.5 Å². The average Bonchev–Trinajstić information content (AvgIpc) is 1.98. The van der Waals surface area contributed by atoms with E-state index < -0.39 is 0 Å². The van der Waals surface area contributed by atoms with Crippen molar-refractivity contribution < 1.29 is 0 Å². The molecule has 0 nitrogen and oxygen atoms in total. The Hall–Kier alpha value is 0.290. The first kappa shape index (κ1) is 13.3. The molecule has 1 heteroatoms. The topological polar surface area (TPSA) is 0 Å². The summed E-state index contributed by atoms with van der Waals surface area (Å²) in [5.74, 6) is 1.47. The molecule has 0 aliphatic carbocycles. The van der Waals surface area contributed by atoms with Crippen LogP contribution in [0, 0.1) is 16.7 Å². The Morgan fingerprint density at radius 2 is 1.62 bits per heavy atom. The van der Waals surface area contributed by atoms with Crippen LogP contribution >= 0.6 is 11.6 Å². The lowest BCUT2D eigenvalue weighted by atomic mass is 9.67. The predicted octanol–water partition coefficient (Wildman–Crippen LogP) is 4.71. The molecule has 0 saturated heterocycles. The molecule has 0 N–H and O–H groups in total. The first-order valence-corrected chi connectivity index (χ1v) is 5.87. The Bertz CT molecular complexity index is 138. The van der Waals surface area contributed by atoms with Crippen LogP contribution in [-0.4, -0.2) is 5.88 Å². The zero-order chi connectivity index (χ0) is 10.7. The van der Waals surface area contributed by atoms with Crippen LogP contribution in [-0.2, 0) is 0 Å². The van der Waals surface area contributed by atoms with Gasteiger partial charge >= 0.3 is 0 Å². The van der Waals surface area contributed by atoms with Gasteiger partial charge in [-0.3, -0.25) is 0 Å². The molecule has 0 aromatic rings. The quantitative estimate of drug-likeness (QED) is 0.582. The minimum atomic E-state index is 0.333. The van der Waals surface area contributed by atoms with E-state index in [4.69, 9.17) is 11.6 Å². The van der Waals surface area contributed by atoms with E-state index in [1.807, 2.05) is 0 Å². The van der Waals surface area contributed by atoms with Gasteiger partial charge in [0, 0.05) is 5.88 Å². The lowest BCUT2D eigenvalue weighted by Crippen LogP contribution is -2.33. The monoisotopic (exact) mass is 204 g/mol. The van der Waals surface area contributed by atoms with Gasteiger partial charge in [0.05, 0.1) is 0 Å².